The van der Waals surface area contributed by atoms with Gasteiger partial charge in [-0.2, -0.15) is 0 Å². The first-order valence-electron chi connectivity index (χ1n) is 4.89. The Labute approximate surface area is 92.8 Å². The Morgan fingerprint density at radius 1 is 1.44 bits per heavy atom. The third-order valence-corrected chi connectivity index (χ3v) is 2.20. The van der Waals surface area contributed by atoms with Gasteiger partial charge in [0.1, 0.15) is 11.5 Å². The summed E-state index contributed by atoms with van der Waals surface area (Å²) in [5.74, 6) is -0.100. The molecule has 0 bridgehead atoms. The Morgan fingerprint density at radius 3 is 2.50 bits per heavy atom. The van der Waals surface area contributed by atoms with Crippen LogP contribution in [0, 0.1) is 0 Å². The average Bonchev–Trinajstić information content (AvgIpc) is 2.19. The number of phenolic OH excluding ortho intramolecular Hbond substituents is 1. The smallest absolute Gasteiger partial charge is 0.267 e. The van der Waals surface area contributed by atoms with Gasteiger partial charge in [-0.15, -0.1) is 0 Å². The summed E-state index contributed by atoms with van der Waals surface area (Å²) < 4.78 is 30.1. The molecule has 0 aliphatic carbocycles. The van der Waals surface area contributed by atoms with E-state index in [1.54, 1.807) is 6.92 Å². The molecule has 1 aromatic carbocycles. The van der Waals surface area contributed by atoms with Gasteiger partial charge >= 0.3 is 0 Å². The molecule has 0 radical (unpaired) electrons. The van der Waals surface area contributed by atoms with E-state index >= 15 is 0 Å². The molecule has 1 rings (SSSR count). The highest BCUT2D eigenvalue weighted by molar-refractivity contribution is 5.47. The molecule has 1 atom stereocenters. The van der Waals surface area contributed by atoms with Crippen molar-refractivity contribution in [1.82, 2.24) is 0 Å². The Morgan fingerprint density at radius 2 is 2.06 bits per heavy atom. The summed E-state index contributed by atoms with van der Waals surface area (Å²) in [6.45, 7) is 1.74. The molecule has 0 saturated heterocycles. The Bertz CT molecular complexity index is 367. The van der Waals surface area contributed by atoms with Gasteiger partial charge in [-0.3, -0.25) is 0 Å². The van der Waals surface area contributed by atoms with Gasteiger partial charge in [-0.25, -0.2) is 8.78 Å². The maximum Gasteiger partial charge on any atom is 0.267 e. The minimum atomic E-state index is -2.73. The lowest BCUT2D eigenvalue weighted by Gasteiger charge is -2.13. The van der Waals surface area contributed by atoms with Crippen LogP contribution < -0.4 is 10.5 Å². The first-order chi connectivity index (χ1) is 7.45. The van der Waals surface area contributed by atoms with Crippen molar-refractivity contribution in [1.29, 1.82) is 0 Å². The zero-order valence-corrected chi connectivity index (χ0v) is 9.21. The van der Waals surface area contributed by atoms with Crippen LogP contribution in [0.15, 0.2) is 12.1 Å². The SMILES string of the molecule is COc1cc(CC(C)N)c(O)c(C(F)F)c1. The van der Waals surface area contributed by atoms with Gasteiger partial charge in [0.25, 0.3) is 6.43 Å². The molecular formula is C11H15F2NO2. The molecule has 0 amide bonds. The molecule has 1 unspecified atom stereocenters. The van der Waals surface area contributed by atoms with Crippen molar-refractivity contribution in [2.45, 2.75) is 25.8 Å². The first kappa shape index (κ1) is 12.7. The van der Waals surface area contributed by atoms with Crippen LogP contribution in [0.25, 0.3) is 0 Å². The zero-order chi connectivity index (χ0) is 12.3. The van der Waals surface area contributed by atoms with E-state index in [1.165, 1.54) is 13.2 Å². The molecule has 0 heterocycles. The van der Waals surface area contributed by atoms with E-state index in [0.717, 1.165) is 6.07 Å². The lowest BCUT2D eigenvalue weighted by Crippen LogP contribution is -2.18. The summed E-state index contributed by atoms with van der Waals surface area (Å²) in [6, 6.07) is 2.43. The lowest BCUT2D eigenvalue weighted by atomic mass is 10.0. The minimum Gasteiger partial charge on any atom is -0.507 e. The standard InChI is InChI=1S/C11H15F2NO2/c1-6(14)3-7-4-8(16-2)5-9(10(7)15)11(12)13/h4-6,11,15H,3,14H2,1-2H3. The molecular weight excluding hydrogens is 216 g/mol. The summed E-state index contributed by atoms with van der Waals surface area (Å²) in [6.07, 6.45) is -2.41. The van der Waals surface area contributed by atoms with E-state index in [4.69, 9.17) is 10.5 Å². The molecule has 0 saturated carbocycles. The fourth-order valence-corrected chi connectivity index (χ4v) is 1.48. The summed E-state index contributed by atoms with van der Waals surface area (Å²) in [4.78, 5) is 0. The molecule has 0 aromatic heterocycles. The highest BCUT2D eigenvalue weighted by atomic mass is 19.3. The van der Waals surface area contributed by atoms with Crippen molar-refractivity contribution >= 4 is 0 Å². The summed E-state index contributed by atoms with van der Waals surface area (Å²) in [5, 5.41) is 9.64. The van der Waals surface area contributed by atoms with Crippen LogP contribution >= 0.6 is 0 Å². The van der Waals surface area contributed by atoms with Gasteiger partial charge in [0.15, 0.2) is 0 Å². The van der Waals surface area contributed by atoms with Crippen LogP contribution in [0.1, 0.15) is 24.5 Å². The Hall–Kier alpha value is -1.36. The van der Waals surface area contributed by atoms with E-state index in [0.29, 0.717) is 17.7 Å². The number of hydrogen-bond acceptors (Lipinski definition) is 3. The second kappa shape index (κ2) is 5.12. The second-order valence-corrected chi connectivity index (χ2v) is 3.71. The van der Waals surface area contributed by atoms with E-state index < -0.39 is 17.7 Å². The molecule has 0 aliphatic heterocycles. The number of alkyl halides is 2. The normalized spacial score (nSPS) is 12.9. The van der Waals surface area contributed by atoms with Crippen molar-refractivity contribution in [3.63, 3.8) is 0 Å². The van der Waals surface area contributed by atoms with Crippen LogP contribution in [-0.4, -0.2) is 18.3 Å². The molecule has 5 heteroatoms. The number of benzene rings is 1. The Kier molecular flexibility index (Phi) is 4.06. The van der Waals surface area contributed by atoms with Gasteiger partial charge in [-0.1, -0.05) is 0 Å². The van der Waals surface area contributed by atoms with Crippen LogP contribution in [0.4, 0.5) is 8.78 Å². The largest absolute Gasteiger partial charge is 0.507 e. The van der Waals surface area contributed by atoms with E-state index in [-0.39, 0.29) is 6.04 Å². The van der Waals surface area contributed by atoms with Crippen molar-refractivity contribution in [2.75, 3.05) is 7.11 Å². The van der Waals surface area contributed by atoms with Crippen molar-refractivity contribution in [2.24, 2.45) is 5.73 Å². The van der Waals surface area contributed by atoms with Gasteiger partial charge in [0, 0.05) is 6.04 Å². The number of nitrogens with two attached hydrogens (primary N) is 1. The number of methoxy groups -OCH3 is 1. The van der Waals surface area contributed by atoms with Gasteiger partial charge in [-0.05, 0) is 31.0 Å². The average molecular weight is 231 g/mol. The van der Waals surface area contributed by atoms with Crippen LogP contribution in [0.3, 0.4) is 0 Å². The predicted molar refractivity (Wildman–Crippen MR) is 57.0 cm³/mol. The van der Waals surface area contributed by atoms with E-state index in [2.05, 4.69) is 0 Å². The minimum absolute atomic E-state index is 0.219. The number of rotatable bonds is 4. The van der Waals surface area contributed by atoms with Gasteiger partial charge in [0.05, 0.1) is 12.7 Å². The monoisotopic (exact) mass is 231 g/mol. The zero-order valence-electron chi connectivity index (χ0n) is 9.21. The topological polar surface area (TPSA) is 55.5 Å². The molecule has 0 fully saturated rings. The molecule has 16 heavy (non-hydrogen) atoms. The highest BCUT2D eigenvalue weighted by Crippen LogP contribution is 2.35. The van der Waals surface area contributed by atoms with E-state index in [9.17, 15) is 13.9 Å². The molecule has 90 valence electrons. The van der Waals surface area contributed by atoms with Gasteiger partial charge in [0.2, 0.25) is 0 Å². The summed E-state index contributed by atoms with van der Waals surface area (Å²) in [7, 11) is 1.39. The van der Waals surface area contributed by atoms with Gasteiger partial charge < -0.3 is 15.6 Å². The number of halogens is 2. The van der Waals surface area contributed by atoms with Crippen molar-refractivity contribution < 1.29 is 18.6 Å². The second-order valence-electron chi connectivity index (χ2n) is 3.71. The fourth-order valence-electron chi connectivity index (χ4n) is 1.48. The Balaban J connectivity index is 3.20. The number of phenols is 1. The molecule has 3 N–H and O–H groups in total. The van der Waals surface area contributed by atoms with Crippen LogP contribution in [0.5, 0.6) is 11.5 Å². The lowest BCUT2D eigenvalue weighted by molar-refractivity contribution is 0.147. The van der Waals surface area contributed by atoms with Crippen LogP contribution in [0.2, 0.25) is 0 Å². The quantitative estimate of drug-likeness (QED) is 0.835. The predicted octanol–water partition coefficient (Wildman–Crippen LogP) is 2.23. The molecule has 1 aromatic rings. The highest BCUT2D eigenvalue weighted by Gasteiger charge is 2.18. The maximum absolute atomic E-state index is 12.6. The van der Waals surface area contributed by atoms with Crippen LogP contribution in [-0.2, 0) is 6.42 Å². The molecule has 0 spiro atoms. The third-order valence-electron chi connectivity index (χ3n) is 2.20. The molecule has 0 aliphatic rings. The third kappa shape index (κ3) is 2.82. The summed E-state index contributed by atoms with van der Waals surface area (Å²) in [5.41, 5.74) is 5.53. The number of ether oxygens (including phenoxy) is 1. The maximum atomic E-state index is 12.6. The van der Waals surface area contributed by atoms with Crippen molar-refractivity contribution in [3.05, 3.63) is 23.3 Å². The fraction of sp³-hybridized carbons (Fsp3) is 0.455. The molecule has 3 nitrogen and oxygen atoms in total. The first-order valence-corrected chi connectivity index (χ1v) is 4.89. The number of hydrogen-bond donors (Lipinski definition) is 2. The van der Waals surface area contributed by atoms with E-state index in [1.807, 2.05) is 0 Å². The van der Waals surface area contributed by atoms with Crippen molar-refractivity contribution in [3.8, 4) is 11.5 Å². The number of aromatic hydroxyl groups is 1. The summed E-state index contributed by atoms with van der Waals surface area (Å²) >= 11 is 0.